The number of phenolic OH excluding ortho intramolecular Hbond substituents is 1. The summed E-state index contributed by atoms with van der Waals surface area (Å²) < 4.78 is 1.62. The smallest absolute Gasteiger partial charge is 0.150 e. The van der Waals surface area contributed by atoms with Crippen LogP contribution in [0.25, 0.3) is 5.69 Å². The molecule has 0 aliphatic heterocycles. The van der Waals surface area contributed by atoms with E-state index in [1.807, 2.05) is 19.9 Å². The number of aromatic hydroxyl groups is 1. The van der Waals surface area contributed by atoms with Crippen LogP contribution < -0.4 is 0 Å². The van der Waals surface area contributed by atoms with Crippen LogP contribution >= 0.6 is 0 Å². The molecule has 0 fully saturated rings. The summed E-state index contributed by atoms with van der Waals surface area (Å²) in [6, 6.07) is 6.59. The van der Waals surface area contributed by atoms with Gasteiger partial charge >= 0.3 is 0 Å². The van der Waals surface area contributed by atoms with Gasteiger partial charge in [-0.25, -0.2) is 4.68 Å². The first kappa shape index (κ1) is 10.4. The van der Waals surface area contributed by atoms with Gasteiger partial charge < -0.3 is 5.11 Å². The molecule has 0 atom stereocenters. The van der Waals surface area contributed by atoms with Crippen LogP contribution in [0.5, 0.6) is 5.75 Å². The predicted molar refractivity (Wildman–Crippen MR) is 60.1 cm³/mol. The van der Waals surface area contributed by atoms with Crippen LogP contribution in [-0.4, -0.2) is 21.2 Å². The highest BCUT2D eigenvalue weighted by atomic mass is 16.3. The van der Waals surface area contributed by atoms with E-state index in [9.17, 15) is 9.90 Å². The third kappa shape index (κ3) is 1.69. The quantitative estimate of drug-likeness (QED) is 0.781. The van der Waals surface area contributed by atoms with Crippen molar-refractivity contribution in [3.05, 3.63) is 41.2 Å². The van der Waals surface area contributed by atoms with Crippen molar-refractivity contribution in [1.82, 2.24) is 9.78 Å². The Morgan fingerprint density at radius 3 is 2.62 bits per heavy atom. The summed E-state index contributed by atoms with van der Waals surface area (Å²) in [5.74, 6) is 0.108. The van der Waals surface area contributed by atoms with Crippen molar-refractivity contribution in [2.75, 3.05) is 0 Å². The number of benzene rings is 1. The molecule has 16 heavy (non-hydrogen) atoms. The molecule has 4 nitrogen and oxygen atoms in total. The number of rotatable bonds is 2. The lowest BCUT2D eigenvalue weighted by atomic mass is 10.2. The number of carbonyl (C=O) groups excluding carboxylic acids is 1. The molecule has 0 saturated carbocycles. The first-order chi connectivity index (χ1) is 7.61. The molecule has 0 saturated heterocycles. The molecule has 2 rings (SSSR count). The molecular formula is C12H12N2O2. The van der Waals surface area contributed by atoms with Crippen LogP contribution in [0.3, 0.4) is 0 Å². The monoisotopic (exact) mass is 216 g/mol. The molecule has 0 amide bonds. The van der Waals surface area contributed by atoms with Gasteiger partial charge in [0.1, 0.15) is 17.7 Å². The standard InChI is InChI=1S/C12H12N2O2/c1-8-5-9(2)14(13-8)11-6-10(7-15)3-4-12(11)16/h3-7,16H,1-2H3. The normalized spacial score (nSPS) is 10.4. The van der Waals surface area contributed by atoms with Crippen molar-refractivity contribution in [3.63, 3.8) is 0 Å². The molecule has 1 N–H and O–H groups in total. The molecule has 1 aromatic carbocycles. The van der Waals surface area contributed by atoms with E-state index in [1.165, 1.54) is 6.07 Å². The summed E-state index contributed by atoms with van der Waals surface area (Å²) in [4.78, 5) is 10.7. The van der Waals surface area contributed by atoms with Crippen LogP contribution in [0.2, 0.25) is 0 Å². The minimum absolute atomic E-state index is 0.108. The number of hydrogen-bond donors (Lipinski definition) is 1. The van der Waals surface area contributed by atoms with Gasteiger partial charge in [-0.2, -0.15) is 5.10 Å². The summed E-state index contributed by atoms with van der Waals surface area (Å²) in [6.45, 7) is 3.77. The van der Waals surface area contributed by atoms with Gasteiger partial charge in [-0.05, 0) is 38.1 Å². The number of aldehydes is 1. The van der Waals surface area contributed by atoms with Gasteiger partial charge in [-0.3, -0.25) is 4.79 Å². The van der Waals surface area contributed by atoms with Crippen molar-refractivity contribution >= 4 is 6.29 Å². The predicted octanol–water partition coefficient (Wildman–Crippen LogP) is 2.01. The van der Waals surface area contributed by atoms with Crippen molar-refractivity contribution in [3.8, 4) is 11.4 Å². The van der Waals surface area contributed by atoms with Crippen LogP contribution in [0, 0.1) is 13.8 Å². The highest BCUT2D eigenvalue weighted by molar-refractivity contribution is 5.77. The maximum absolute atomic E-state index is 10.7. The second-order valence-corrected chi connectivity index (χ2v) is 3.70. The summed E-state index contributed by atoms with van der Waals surface area (Å²) in [6.07, 6.45) is 0.745. The van der Waals surface area contributed by atoms with Crippen LogP contribution in [0.4, 0.5) is 0 Å². The average molecular weight is 216 g/mol. The summed E-state index contributed by atoms with van der Waals surface area (Å²) >= 11 is 0. The maximum Gasteiger partial charge on any atom is 0.150 e. The first-order valence-electron chi connectivity index (χ1n) is 4.93. The Morgan fingerprint density at radius 2 is 2.06 bits per heavy atom. The summed E-state index contributed by atoms with van der Waals surface area (Å²) in [5, 5.41) is 14.0. The third-order valence-electron chi connectivity index (χ3n) is 2.37. The van der Waals surface area contributed by atoms with Gasteiger partial charge in [0.05, 0.1) is 5.69 Å². The van der Waals surface area contributed by atoms with Gasteiger partial charge in [0, 0.05) is 11.3 Å². The fourth-order valence-corrected chi connectivity index (χ4v) is 1.66. The minimum atomic E-state index is 0.108. The van der Waals surface area contributed by atoms with Crippen molar-refractivity contribution < 1.29 is 9.90 Å². The van der Waals surface area contributed by atoms with Crippen LogP contribution in [-0.2, 0) is 0 Å². The number of phenols is 1. The summed E-state index contributed by atoms with van der Waals surface area (Å²) in [5.41, 5.74) is 2.82. The Hall–Kier alpha value is -2.10. The zero-order valence-electron chi connectivity index (χ0n) is 9.14. The second-order valence-electron chi connectivity index (χ2n) is 3.70. The fourth-order valence-electron chi connectivity index (χ4n) is 1.66. The van der Waals surface area contributed by atoms with Gasteiger partial charge in [-0.1, -0.05) is 0 Å². The van der Waals surface area contributed by atoms with E-state index in [2.05, 4.69) is 5.10 Å². The molecule has 0 bridgehead atoms. The number of carbonyl (C=O) groups is 1. The van der Waals surface area contributed by atoms with Crippen molar-refractivity contribution in [1.29, 1.82) is 0 Å². The molecule has 0 radical (unpaired) electrons. The lowest BCUT2D eigenvalue weighted by molar-refractivity contribution is 0.112. The van der Waals surface area contributed by atoms with E-state index in [-0.39, 0.29) is 5.75 Å². The van der Waals surface area contributed by atoms with Gasteiger partial charge in [0.25, 0.3) is 0 Å². The number of aromatic nitrogens is 2. The van der Waals surface area contributed by atoms with E-state index in [4.69, 9.17) is 0 Å². The molecule has 4 heteroatoms. The Balaban J connectivity index is 2.62. The van der Waals surface area contributed by atoms with E-state index >= 15 is 0 Å². The van der Waals surface area contributed by atoms with Gasteiger partial charge in [0.2, 0.25) is 0 Å². The SMILES string of the molecule is Cc1cc(C)n(-c2cc(C=O)ccc2O)n1. The highest BCUT2D eigenvalue weighted by Crippen LogP contribution is 2.23. The van der Waals surface area contributed by atoms with E-state index in [0.717, 1.165) is 17.7 Å². The maximum atomic E-state index is 10.7. The van der Waals surface area contributed by atoms with Gasteiger partial charge in [-0.15, -0.1) is 0 Å². The zero-order chi connectivity index (χ0) is 11.7. The van der Waals surface area contributed by atoms with Crippen LogP contribution in [0.1, 0.15) is 21.7 Å². The number of hydrogen-bond acceptors (Lipinski definition) is 3. The molecule has 2 aromatic rings. The largest absolute Gasteiger partial charge is 0.506 e. The third-order valence-corrected chi connectivity index (χ3v) is 2.37. The van der Waals surface area contributed by atoms with Crippen molar-refractivity contribution in [2.24, 2.45) is 0 Å². The lowest BCUT2D eigenvalue weighted by Gasteiger charge is -2.07. The first-order valence-corrected chi connectivity index (χ1v) is 4.93. The van der Waals surface area contributed by atoms with Crippen molar-refractivity contribution in [2.45, 2.75) is 13.8 Å². The Bertz CT molecular complexity index is 544. The second kappa shape index (κ2) is 3.81. The highest BCUT2D eigenvalue weighted by Gasteiger charge is 2.09. The molecule has 82 valence electrons. The molecular weight excluding hydrogens is 204 g/mol. The Morgan fingerprint density at radius 1 is 1.31 bits per heavy atom. The average Bonchev–Trinajstić information content (AvgIpc) is 2.58. The van der Waals surface area contributed by atoms with E-state index in [0.29, 0.717) is 11.3 Å². The van der Waals surface area contributed by atoms with Crippen LogP contribution in [0.15, 0.2) is 24.3 Å². The minimum Gasteiger partial charge on any atom is -0.506 e. The van der Waals surface area contributed by atoms with E-state index < -0.39 is 0 Å². The zero-order valence-corrected chi connectivity index (χ0v) is 9.14. The summed E-state index contributed by atoms with van der Waals surface area (Å²) in [7, 11) is 0. The van der Waals surface area contributed by atoms with Gasteiger partial charge in [0.15, 0.2) is 0 Å². The number of aryl methyl sites for hydroxylation is 2. The topological polar surface area (TPSA) is 55.1 Å². The molecule has 0 aliphatic carbocycles. The number of nitrogens with zero attached hydrogens (tertiary/aromatic N) is 2. The molecule has 1 aromatic heterocycles. The molecule has 1 heterocycles. The molecule has 0 unspecified atom stereocenters. The Kier molecular flexibility index (Phi) is 2.48. The molecule has 0 aliphatic rings. The Labute approximate surface area is 93.1 Å². The molecule has 0 spiro atoms. The van der Waals surface area contributed by atoms with E-state index in [1.54, 1.807) is 16.8 Å². The lowest BCUT2D eigenvalue weighted by Crippen LogP contribution is -2.00. The fraction of sp³-hybridized carbons (Fsp3) is 0.167.